The largest absolute Gasteiger partial charge is 0.379 e. The van der Waals surface area contributed by atoms with Gasteiger partial charge in [-0.2, -0.15) is 12.7 Å². The maximum absolute atomic E-state index is 13.8. The van der Waals surface area contributed by atoms with E-state index in [1.54, 1.807) is 54.6 Å². The van der Waals surface area contributed by atoms with Crippen molar-refractivity contribution < 1.29 is 25.8 Å². The predicted octanol–water partition coefficient (Wildman–Crippen LogP) is 3.44. The Bertz CT molecular complexity index is 1480. The Hall–Kier alpha value is -3.21. The normalized spacial score (nSPS) is 24.7. The third-order valence-corrected chi connectivity index (χ3v) is 9.71. The molecule has 3 atom stereocenters. The zero-order chi connectivity index (χ0) is 24.8. The molecule has 2 unspecified atom stereocenters. The molecule has 10 heteroatoms. The number of carbonyl (C=O) groups excluding carboxylic acids is 1. The second-order valence-corrected chi connectivity index (χ2v) is 12.4. The zero-order valence-electron chi connectivity index (χ0n) is 18.9. The molecule has 2 fully saturated rings. The molecule has 182 valence electrons. The van der Waals surface area contributed by atoms with E-state index in [1.165, 1.54) is 34.6 Å². The van der Waals surface area contributed by atoms with Crippen molar-refractivity contribution in [3.05, 3.63) is 90.5 Å². The van der Waals surface area contributed by atoms with Gasteiger partial charge in [0.2, 0.25) is 15.9 Å². The molecule has 8 nitrogen and oxygen atoms in total. The molecule has 35 heavy (non-hydrogen) atoms. The van der Waals surface area contributed by atoms with E-state index in [1.807, 2.05) is 6.92 Å². The van der Waals surface area contributed by atoms with Crippen LogP contribution in [-0.2, 0) is 24.9 Å². The van der Waals surface area contributed by atoms with Crippen molar-refractivity contribution in [1.29, 1.82) is 0 Å². The molecule has 0 bridgehead atoms. The number of nitrogens with zero attached hydrogens (tertiary/aromatic N) is 1. The first kappa shape index (κ1) is 23.5. The van der Waals surface area contributed by atoms with Crippen molar-refractivity contribution in [2.45, 2.75) is 41.8 Å². The number of sulfonamides is 1. The van der Waals surface area contributed by atoms with Crippen molar-refractivity contribution in [2.75, 3.05) is 0 Å². The Kier molecular flexibility index (Phi) is 5.70. The smallest absolute Gasteiger partial charge is 0.339 e. The fourth-order valence-electron chi connectivity index (χ4n) is 4.96. The van der Waals surface area contributed by atoms with Gasteiger partial charge in [-0.15, -0.1) is 0 Å². The topological polar surface area (TPSA) is 110 Å². The quantitative estimate of drug-likeness (QED) is 0.507. The van der Waals surface area contributed by atoms with Gasteiger partial charge < -0.3 is 9.50 Å². The van der Waals surface area contributed by atoms with Gasteiger partial charge in [-0.3, -0.25) is 4.79 Å². The van der Waals surface area contributed by atoms with Crippen LogP contribution in [0.1, 0.15) is 31.4 Å². The van der Waals surface area contributed by atoms with Crippen molar-refractivity contribution in [1.82, 2.24) is 9.62 Å². The van der Waals surface area contributed by atoms with E-state index in [0.717, 1.165) is 0 Å². The van der Waals surface area contributed by atoms with Gasteiger partial charge in [0, 0.05) is 17.4 Å². The summed E-state index contributed by atoms with van der Waals surface area (Å²) >= 11 is 0. The van der Waals surface area contributed by atoms with Crippen LogP contribution in [0.5, 0.6) is 5.75 Å². The minimum Gasteiger partial charge on any atom is -0.379 e. The van der Waals surface area contributed by atoms with Gasteiger partial charge in [-0.25, -0.2) is 8.42 Å². The van der Waals surface area contributed by atoms with Gasteiger partial charge in [0.05, 0.1) is 10.9 Å². The van der Waals surface area contributed by atoms with Crippen molar-refractivity contribution in [2.24, 2.45) is 5.41 Å². The number of hydrogen-bond donors (Lipinski definition) is 1. The molecule has 0 spiro atoms. The lowest BCUT2D eigenvalue weighted by molar-refractivity contribution is -0.120. The summed E-state index contributed by atoms with van der Waals surface area (Å²) in [6, 6.07) is 21.5. The molecule has 2 aliphatic heterocycles. The first-order chi connectivity index (χ1) is 16.6. The van der Waals surface area contributed by atoms with Crippen molar-refractivity contribution in [3.8, 4) is 5.75 Å². The third kappa shape index (κ3) is 4.11. The number of rotatable bonds is 6. The van der Waals surface area contributed by atoms with E-state index in [4.69, 9.17) is 4.18 Å². The maximum atomic E-state index is 13.8. The Morgan fingerprint density at radius 3 is 2.09 bits per heavy atom. The molecule has 3 aromatic carbocycles. The number of nitrogens with one attached hydrogen (secondary N) is 1. The molecule has 0 radical (unpaired) electrons. The Balaban J connectivity index is 1.61. The van der Waals surface area contributed by atoms with E-state index in [0.29, 0.717) is 12.0 Å². The van der Waals surface area contributed by atoms with E-state index in [2.05, 4.69) is 5.32 Å². The Morgan fingerprint density at radius 1 is 0.857 bits per heavy atom. The highest BCUT2D eigenvalue weighted by Gasteiger charge is 2.59. The van der Waals surface area contributed by atoms with Gasteiger partial charge in [0.1, 0.15) is 16.8 Å². The minimum atomic E-state index is -4.15. The lowest BCUT2D eigenvalue weighted by atomic mass is 9.83. The number of hydrogen-bond acceptors (Lipinski definition) is 6. The SMILES string of the molecule is C[C@@]12CC(=O)NC1N(S(=O)(=O)c1ccccc1)C(c1ccccc1OS(=O)(=O)c1ccccc1)C2. The molecular weight excluding hydrogens is 488 g/mol. The monoisotopic (exact) mass is 512 g/mol. The molecule has 2 saturated heterocycles. The minimum absolute atomic E-state index is 0.00826. The molecule has 1 amide bonds. The van der Waals surface area contributed by atoms with E-state index in [9.17, 15) is 21.6 Å². The van der Waals surface area contributed by atoms with Gasteiger partial charge in [0.15, 0.2) is 0 Å². The Morgan fingerprint density at radius 2 is 1.43 bits per heavy atom. The highest BCUT2D eigenvalue weighted by molar-refractivity contribution is 7.89. The van der Waals surface area contributed by atoms with Gasteiger partial charge >= 0.3 is 10.1 Å². The Labute approximate surface area is 204 Å². The van der Waals surface area contributed by atoms with Gasteiger partial charge in [0.25, 0.3) is 0 Å². The fraction of sp³-hybridized carbons (Fsp3) is 0.240. The average molecular weight is 513 g/mol. The van der Waals surface area contributed by atoms with Crippen LogP contribution in [0, 0.1) is 5.41 Å². The number of para-hydroxylation sites is 1. The van der Waals surface area contributed by atoms with Gasteiger partial charge in [-0.05, 0) is 36.8 Å². The van der Waals surface area contributed by atoms with Crippen LogP contribution >= 0.6 is 0 Å². The van der Waals surface area contributed by atoms with Crippen LogP contribution < -0.4 is 9.50 Å². The number of fused-ring (bicyclic) bond motifs is 1. The second kappa shape index (κ2) is 8.47. The number of benzene rings is 3. The van der Waals surface area contributed by atoms with Crippen LogP contribution in [0.3, 0.4) is 0 Å². The first-order valence-electron chi connectivity index (χ1n) is 11.1. The van der Waals surface area contributed by atoms with Crippen molar-refractivity contribution >= 4 is 26.0 Å². The highest BCUT2D eigenvalue weighted by Crippen LogP contribution is 2.54. The van der Waals surface area contributed by atoms with E-state index >= 15 is 0 Å². The molecule has 3 aromatic rings. The number of carbonyl (C=O) groups is 1. The molecule has 2 heterocycles. The molecule has 1 N–H and O–H groups in total. The predicted molar refractivity (Wildman–Crippen MR) is 128 cm³/mol. The van der Waals surface area contributed by atoms with Gasteiger partial charge in [-0.1, -0.05) is 61.5 Å². The summed E-state index contributed by atoms with van der Waals surface area (Å²) in [5, 5.41) is 2.82. The molecule has 0 saturated carbocycles. The molecule has 0 aliphatic carbocycles. The first-order valence-corrected chi connectivity index (χ1v) is 13.9. The number of amides is 1. The summed E-state index contributed by atoms with van der Waals surface area (Å²) in [6.45, 7) is 1.87. The summed E-state index contributed by atoms with van der Waals surface area (Å²) in [5.41, 5.74) is -0.258. The second-order valence-electron chi connectivity index (χ2n) is 9.06. The lowest BCUT2D eigenvalue weighted by Gasteiger charge is -2.30. The summed E-state index contributed by atoms with van der Waals surface area (Å²) in [6.07, 6.45) is -0.293. The fourth-order valence-corrected chi connectivity index (χ4v) is 7.79. The maximum Gasteiger partial charge on any atom is 0.339 e. The third-order valence-electron chi connectivity index (χ3n) is 6.57. The zero-order valence-corrected chi connectivity index (χ0v) is 20.5. The highest BCUT2D eigenvalue weighted by atomic mass is 32.2. The summed E-state index contributed by atoms with van der Waals surface area (Å²) in [4.78, 5) is 12.4. The summed E-state index contributed by atoms with van der Waals surface area (Å²) < 4.78 is 60.4. The van der Waals surface area contributed by atoms with Crippen LogP contribution in [0.4, 0.5) is 0 Å². The van der Waals surface area contributed by atoms with Crippen molar-refractivity contribution in [3.63, 3.8) is 0 Å². The standard InChI is InChI=1S/C25H24N2O6S2/c1-25-16-21(20-14-8-9-15-22(20)33-35(31,32)19-12-6-3-7-13-19)27(24(25)26-23(28)17-25)34(29,30)18-10-4-2-5-11-18/h2-15,21,24H,16-17H2,1H3,(H,26,28)/t21?,24?,25-/m1/s1. The van der Waals surface area contributed by atoms with E-state index < -0.39 is 37.8 Å². The van der Waals surface area contributed by atoms with E-state index in [-0.39, 0.29) is 27.9 Å². The van der Waals surface area contributed by atoms with Crippen LogP contribution in [0.15, 0.2) is 94.7 Å². The molecule has 5 rings (SSSR count). The lowest BCUT2D eigenvalue weighted by Crippen LogP contribution is -2.47. The molecule has 2 aliphatic rings. The average Bonchev–Trinajstić information content (AvgIpc) is 3.28. The van der Waals surface area contributed by atoms with Crippen LogP contribution in [0.2, 0.25) is 0 Å². The summed E-state index contributed by atoms with van der Waals surface area (Å²) in [7, 11) is -8.20. The molecular formula is C25H24N2O6S2. The summed E-state index contributed by atoms with van der Waals surface area (Å²) in [5.74, 6) is -0.176. The van der Waals surface area contributed by atoms with Crippen LogP contribution in [0.25, 0.3) is 0 Å². The van der Waals surface area contributed by atoms with Crippen LogP contribution in [-0.4, -0.2) is 33.2 Å². The molecule has 0 aromatic heterocycles.